The second-order valence-corrected chi connectivity index (χ2v) is 4.26. The van der Waals surface area contributed by atoms with Crippen molar-refractivity contribution in [2.75, 3.05) is 0 Å². The van der Waals surface area contributed by atoms with Gasteiger partial charge in [0.15, 0.2) is 0 Å². The number of ketones is 1. The van der Waals surface area contributed by atoms with Gasteiger partial charge >= 0.3 is 11.7 Å². The van der Waals surface area contributed by atoms with Gasteiger partial charge in [0, 0.05) is 12.3 Å². The molecule has 2 heterocycles. The van der Waals surface area contributed by atoms with E-state index >= 15 is 0 Å². The maximum absolute atomic E-state index is 11.9. The van der Waals surface area contributed by atoms with E-state index in [-0.39, 0.29) is 0 Å². The summed E-state index contributed by atoms with van der Waals surface area (Å²) in [6.07, 6.45) is -0.180. The van der Waals surface area contributed by atoms with Crippen molar-refractivity contribution < 1.29 is 14.3 Å². The zero-order valence-corrected chi connectivity index (χ0v) is 9.22. The molecule has 0 saturated carbocycles. The normalized spacial score (nSPS) is 22.6. The van der Waals surface area contributed by atoms with Gasteiger partial charge in [-0.2, -0.15) is 0 Å². The van der Waals surface area contributed by atoms with Crippen LogP contribution in [0.1, 0.15) is 20.1 Å². The van der Waals surface area contributed by atoms with Crippen LogP contribution in [0.2, 0.25) is 0 Å². The summed E-state index contributed by atoms with van der Waals surface area (Å²) in [5.74, 6) is -1.21. The smallest absolute Gasteiger partial charge is 0.331 e. The van der Waals surface area contributed by atoms with Gasteiger partial charge in [0.25, 0.3) is 5.56 Å². The molecule has 0 amide bonds. The predicted octanol–water partition coefficient (Wildman–Crippen LogP) is -0.813. The zero-order valence-electron chi connectivity index (χ0n) is 9.22. The zero-order chi connectivity index (χ0) is 12.8. The van der Waals surface area contributed by atoms with Crippen LogP contribution >= 0.6 is 0 Å². The van der Waals surface area contributed by atoms with E-state index in [1.807, 2.05) is 4.98 Å². The van der Waals surface area contributed by atoms with Crippen molar-refractivity contribution in [3.05, 3.63) is 33.1 Å². The quantitative estimate of drug-likeness (QED) is 0.509. The van der Waals surface area contributed by atoms with Crippen molar-refractivity contribution >= 4 is 11.8 Å². The number of Topliss-reactive ketones (excluding diaryl/α,β-unsaturated/α-hetero) is 1. The Morgan fingerprint density at radius 3 is 2.41 bits per heavy atom. The molecule has 7 heteroatoms. The summed E-state index contributed by atoms with van der Waals surface area (Å²) in [5, 5.41) is 0. The summed E-state index contributed by atoms with van der Waals surface area (Å²) in [5.41, 5.74) is -2.65. The molecule has 0 radical (unpaired) electrons. The fourth-order valence-corrected chi connectivity index (χ4v) is 1.51. The maximum Gasteiger partial charge on any atom is 0.331 e. The molecule has 1 aliphatic rings. The Hall–Kier alpha value is -2.18. The van der Waals surface area contributed by atoms with Gasteiger partial charge in [-0.05, 0) is 13.8 Å². The Labute approximate surface area is 95.0 Å². The molecule has 0 aliphatic carbocycles. The number of carbonyl (C=O) groups excluding carboxylic acids is 2. The molecule has 1 atom stereocenters. The number of H-pyrrole nitrogens is 1. The molecule has 0 bridgehead atoms. The Morgan fingerprint density at radius 1 is 1.29 bits per heavy atom. The number of rotatable bonds is 1. The summed E-state index contributed by atoms with van der Waals surface area (Å²) in [7, 11) is 0. The van der Waals surface area contributed by atoms with Crippen LogP contribution in [0.15, 0.2) is 21.9 Å². The highest BCUT2D eigenvalue weighted by atomic mass is 16.6. The van der Waals surface area contributed by atoms with Crippen LogP contribution in [-0.4, -0.2) is 21.3 Å². The molecule has 7 nitrogen and oxygen atoms in total. The van der Waals surface area contributed by atoms with Crippen LogP contribution < -0.4 is 11.2 Å². The van der Waals surface area contributed by atoms with E-state index < -0.39 is 34.6 Å². The van der Waals surface area contributed by atoms with Gasteiger partial charge in [-0.3, -0.25) is 23.9 Å². The number of cyclic esters (lactones) is 1. The third-order valence-electron chi connectivity index (χ3n) is 2.67. The Balaban J connectivity index is 2.51. The number of aromatic nitrogens is 2. The lowest BCUT2D eigenvalue weighted by atomic mass is 9.90. The molecular weight excluding hydrogens is 228 g/mol. The highest BCUT2D eigenvalue weighted by Gasteiger charge is 2.51. The maximum atomic E-state index is 11.9. The molecule has 1 aromatic heterocycles. The molecule has 1 saturated heterocycles. The molecule has 0 unspecified atom stereocenters. The number of aromatic amines is 1. The van der Waals surface area contributed by atoms with Crippen molar-refractivity contribution in [2.24, 2.45) is 5.41 Å². The summed E-state index contributed by atoms with van der Waals surface area (Å²) >= 11 is 0. The van der Waals surface area contributed by atoms with Crippen LogP contribution in [0.5, 0.6) is 0 Å². The Bertz CT molecular complexity index is 610. The standard InChI is InChI=1S/C10H10N2O5/c1-10(2)6(14)7(17-8(10)15)12-4-3-5(13)11-9(12)16/h3-4,7H,1-2H3,(H,11,13,16)/t7-/m0/s1. The second-order valence-electron chi connectivity index (χ2n) is 4.26. The number of hydrogen-bond donors (Lipinski definition) is 1. The summed E-state index contributed by atoms with van der Waals surface area (Å²) in [6, 6.07) is 1.08. The number of nitrogens with one attached hydrogen (secondary N) is 1. The van der Waals surface area contributed by atoms with E-state index in [0.717, 1.165) is 16.8 Å². The SMILES string of the molecule is CC1(C)C(=O)O[C@H](n2ccc(=O)[nH]c2=O)C1=O. The van der Waals surface area contributed by atoms with Crippen LogP contribution in [0, 0.1) is 5.41 Å². The molecule has 17 heavy (non-hydrogen) atoms. The van der Waals surface area contributed by atoms with Crippen molar-refractivity contribution in [1.29, 1.82) is 0 Å². The third-order valence-corrected chi connectivity index (χ3v) is 2.67. The third kappa shape index (κ3) is 1.59. The molecule has 1 aliphatic heterocycles. The van der Waals surface area contributed by atoms with E-state index in [1.165, 1.54) is 13.8 Å². The second kappa shape index (κ2) is 3.41. The topological polar surface area (TPSA) is 98.2 Å². The molecule has 1 N–H and O–H groups in total. The average molecular weight is 238 g/mol. The predicted molar refractivity (Wildman–Crippen MR) is 55.2 cm³/mol. The van der Waals surface area contributed by atoms with Gasteiger partial charge in [0.2, 0.25) is 12.0 Å². The summed E-state index contributed by atoms with van der Waals surface area (Å²) in [4.78, 5) is 47.6. The lowest BCUT2D eigenvalue weighted by molar-refractivity contribution is -0.150. The van der Waals surface area contributed by atoms with E-state index in [4.69, 9.17) is 4.74 Å². The minimum atomic E-state index is -1.30. The largest absolute Gasteiger partial charge is 0.433 e. The van der Waals surface area contributed by atoms with Gasteiger partial charge in [0.1, 0.15) is 5.41 Å². The first-order valence-corrected chi connectivity index (χ1v) is 4.91. The molecule has 0 aromatic carbocycles. The van der Waals surface area contributed by atoms with E-state index in [9.17, 15) is 19.2 Å². The molecule has 1 fully saturated rings. The molecule has 1 aromatic rings. The first-order chi connectivity index (χ1) is 7.84. The first-order valence-electron chi connectivity index (χ1n) is 4.91. The number of nitrogens with zero attached hydrogens (tertiary/aromatic N) is 1. The van der Waals surface area contributed by atoms with E-state index in [1.54, 1.807) is 0 Å². The van der Waals surface area contributed by atoms with Gasteiger partial charge in [0.05, 0.1) is 0 Å². The number of esters is 1. The van der Waals surface area contributed by atoms with Gasteiger partial charge < -0.3 is 4.74 Å². The van der Waals surface area contributed by atoms with E-state index in [2.05, 4.69) is 0 Å². The Morgan fingerprint density at radius 2 is 1.94 bits per heavy atom. The van der Waals surface area contributed by atoms with Crippen molar-refractivity contribution in [3.63, 3.8) is 0 Å². The number of ether oxygens (including phenoxy) is 1. The monoisotopic (exact) mass is 238 g/mol. The molecular formula is C10H10N2O5. The highest BCUT2D eigenvalue weighted by Crippen LogP contribution is 2.33. The van der Waals surface area contributed by atoms with Gasteiger partial charge in [-0.25, -0.2) is 4.79 Å². The van der Waals surface area contributed by atoms with Crippen LogP contribution in [-0.2, 0) is 14.3 Å². The van der Waals surface area contributed by atoms with Crippen molar-refractivity contribution in [2.45, 2.75) is 20.1 Å². The lowest BCUT2D eigenvalue weighted by Gasteiger charge is -2.11. The van der Waals surface area contributed by atoms with Crippen molar-refractivity contribution in [3.8, 4) is 0 Å². The minimum absolute atomic E-state index is 0.517. The van der Waals surface area contributed by atoms with Gasteiger partial charge in [-0.1, -0.05) is 0 Å². The average Bonchev–Trinajstić information content (AvgIpc) is 2.43. The summed E-state index contributed by atoms with van der Waals surface area (Å²) < 4.78 is 5.73. The number of hydrogen-bond acceptors (Lipinski definition) is 5. The van der Waals surface area contributed by atoms with Crippen LogP contribution in [0.4, 0.5) is 0 Å². The summed E-state index contributed by atoms with van der Waals surface area (Å²) in [6.45, 7) is 2.85. The molecule has 0 spiro atoms. The minimum Gasteiger partial charge on any atom is -0.433 e. The Kier molecular flexibility index (Phi) is 2.27. The van der Waals surface area contributed by atoms with Crippen LogP contribution in [0.3, 0.4) is 0 Å². The molecule has 2 rings (SSSR count). The first kappa shape index (κ1) is 11.3. The van der Waals surface area contributed by atoms with Crippen LogP contribution in [0.25, 0.3) is 0 Å². The van der Waals surface area contributed by atoms with Crippen molar-refractivity contribution in [1.82, 2.24) is 9.55 Å². The highest BCUT2D eigenvalue weighted by molar-refractivity contribution is 6.08. The molecule has 90 valence electrons. The van der Waals surface area contributed by atoms with Gasteiger partial charge in [-0.15, -0.1) is 0 Å². The lowest BCUT2D eigenvalue weighted by Crippen LogP contribution is -2.35. The number of carbonyl (C=O) groups is 2. The van der Waals surface area contributed by atoms with E-state index in [0.29, 0.717) is 0 Å². The fourth-order valence-electron chi connectivity index (χ4n) is 1.51. The fraction of sp³-hybridized carbons (Fsp3) is 0.400.